The van der Waals surface area contributed by atoms with E-state index in [1.165, 1.54) is 0 Å². The van der Waals surface area contributed by atoms with Gasteiger partial charge in [-0.1, -0.05) is 54.6 Å². The number of amides is 1. The van der Waals surface area contributed by atoms with E-state index in [9.17, 15) is 14.7 Å². The molecule has 5 rings (SSSR count). The standard InChI is InChI=1S/C28H29N3O3/c1-3-7-20-12-15-23-26-25(22(17-32)24(30(26)2)16-31(23)28(20)34)27(33)29-21-13-10-19(11-14-21)18-8-5-4-6-9-18/h3-15,22,24-26,32H,16-17H2,1-2H3,(H,29,33)/b7-3+/t22-,24-,25+,26+/m0/s1. The second kappa shape index (κ2) is 9.05. The van der Waals surface area contributed by atoms with Crippen molar-refractivity contribution in [2.24, 2.45) is 11.8 Å². The van der Waals surface area contributed by atoms with Crippen LogP contribution in [0.15, 0.2) is 77.6 Å². The molecule has 0 aliphatic carbocycles. The monoisotopic (exact) mass is 455 g/mol. The van der Waals surface area contributed by atoms with E-state index in [2.05, 4.69) is 22.3 Å². The third-order valence-corrected chi connectivity index (χ3v) is 7.29. The largest absolute Gasteiger partial charge is 0.396 e. The summed E-state index contributed by atoms with van der Waals surface area (Å²) in [7, 11) is 1.98. The number of benzene rings is 2. The molecule has 1 aromatic heterocycles. The van der Waals surface area contributed by atoms with Crippen molar-refractivity contribution in [1.82, 2.24) is 9.47 Å². The Morgan fingerprint density at radius 2 is 1.76 bits per heavy atom. The summed E-state index contributed by atoms with van der Waals surface area (Å²) < 4.78 is 1.79. The number of rotatable bonds is 5. The summed E-state index contributed by atoms with van der Waals surface area (Å²) in [5.41, 5.74) is 4.32. The Balaban J connectivity index is 1.44. The summed E-state index contributed by atoms with van der Waals surface area (Å²) in [5, 5.41) is 13.3. The molecule has 3 aromatic rings. The number of carbonyl (C=O) groups is 1. The molecule has 0 saturated carbocycles. The van der Waals surface area contributed by atoms with Crippen LogP contribution in [0, 0.1) is 11.8 Å². The zero-order chi connectivity index (χ0) is 23.8. The lowest BCUT2D eigenvalue weighted by molar-refractivity contribution is -0.122. The Kier molecular flexibility index (Phi) is 5.94. The van der Waals surface area contributed by atoms with E-state index in [1.54, 1.807) is 4.57 Å². The highest BCUT2D eigenvalue weighted by molar-refractivity contribution is 5.94. The molecule has 4 atom stereocenters. The summed E-state index contributed by atoms with van der Waals surface area (Å²) in [6.45, 7) is 2.24. The van der Waals surface area contributed by atoms with Gasteiger partial charge in [0.25, 0.3) is 5.56 Å². The van der Waals surface area contributed by atoms with Crippen LogP contribution < -0.4 is 10.9 Å². The molecule has 6 heteroatoms. The molecule has 2 N–H and O–H groups in total. The van der Waals surface area contributed by atoms with E-state index in [4.69, 9.17) is 0 Å². The van der Waals surface area contributed by atoms with E-state index in [0.717, 1.165) is 16.8 Å². The average molecular weight is 456 g/mol. The van der Waals surface area contributed by atoms with Gasteiger partial charge in [0.1, 0.15) is 0 Å². The predicted molar refractivity (Wildman–Crippen MR) is 134 cm³/mol. The molecule has 0 radical (unpaired) electrons. The molecule has 0 unspecified atom stereocenters. The van der Waals surface area contributed by atoms with E-state index in [-0.39, 0.29) is 36.1 Å². The van der Waals surface area contributed by atoms with Crippen molar-refractivity contribution in [3.63, 3.8) is 0 Å². The van der Waals surface area contributed by atoms with Gasteiger partial charge in [0, 0.05) is 42.1 Å². The topological polar surface area (TPSA) is 74.6 Å². The van der Waals surface area contributed by atoms with Crippen LogP contribution in [0.2, 0.25) is 0 Å². The third-order valence-electron chi connectivity index (χ3n) is 7.29. The Hall–Kier alpha value is -3.48. The van der Waals surface area contributed by atoms with Crippen LogP contribution in [0.4, 0.5) is 5.69 Å². The highest BCUT2D eigenvalue weighted by Gasteiger charge is 2.54. The first-order valence-electron chi connectivity index (χ1n) is 11.7. The van der Waals surface area contributed by atoms with E-state index < -0.39 is 5.92 Å². The molecule has 1 amide bonds. The van der Waals surface area contributed by atoms with Crippen LogP contribution >= 0.6 is 0 Å². The normalized spacial score (nSPS) is 23.7. The van der Waals surface area contributed by atoms with Gasteiger partial charge in [0.05, 0.1) is 12.0 Å². The fourth-order valence-corrected chi connectivity index (χ4v) is 5.62. The molecule has 2 aliphatic heterocycles. The maximum atomic E-state index is 13.5. The number of nitrogens with zero attached hydrogens (tertiary/aromatic N) is 2. The van der Waals surface area contributed by atoms with Gasteiger partial charge in [0.2, 0.25) is 5.91 Å². The average Bonchev–Trinajstić information content (AvgIpc) is 3.03. The minimum Gasteiger partial charge on any atom is -0.396 e. The smallest absolute Gasteiger partial charge is 0.258 e. The molecule has 2 aliphatic rings. The first-order chi connectivity index (χ1) is 16.5. The molecule has 34 heavy (non-hydrogen) atoms. The number of likely N-dealkylation sites (N-methyl/N-ethyl adjacent to an activating group) is 1. The number of anilines is 1. The third kappa shape index (κ3) is 3.69. The van der Waals surface area contributed by atoms with Crippen molar-refractivity contribution >= 4 is 17.7 Å². The quantitative estimate of drug-likeness (QED) is 0.614. The van der Waals surface area contributed by atoms with E-state index in [0.29, 0.717) is 17.8 Å². The number of pyridine rings is 1. The Labute approximate surface area is 199 Å². The Morgan fingerprint density at radius 3 is 2.44 bits per heavy atom. The molecule has 2 bridgehead atoms. The van der Waals surface area contributed by atoms with Crippen molar-refractivity contribution < 1.29 is 9.90 Å². The number of aliphatic hydroxyl groups excluding tert-OH is 1. The molecular weight excluding hydrogens is 426 g/mol. The molecule has 174 valence electrons. The zero-order valence-corrected chi connectivity index (χ0v) is 19.4. The van der Waals surface area contributed by atoms with Gasteiger partial charge >= 0.3 is 0 Å². The number of hydrogen-bond acceptors (Lipinski definition) is 4. The fraction of sp³-hybridized carbons (Fsp3) is 0.286. The van der Waals surface area contributed by atoms with Gasteiger partial charge in [-0.05, 0) is 49.4 Å². The Bertz CT molecular complexity index is 1280. The lowest BCUT2D eigenvalue weighted by atomic mass is 9.86. The zero-order valence-electron chi connectivity index (χ0n) is 19.4. The first-order valence-corrected chi connectivity index (χ1v) is 11.7. The predicted octanol–water partition coefficient (Wildman–Crippen LogP) is 3.78. The SMILES string of the molecule is C/C=C/c1ccc2n(c1=O)C[C@H]1[C@H](CO)[C@@H](C(=O)Nc3ccc(-c4ccccc4)cc3)[C@@H]2N1C. The first kappa shape index (κ1) is 22.3. The van der Waals surface area contributed by atoms with Gasteiger partial charge < -0.3 is 15.0 Å². The van der Waals surface area contributed by atoms with Crippen molar-refractivity contribution in [3.05, 3.63) is 94.4 Å². The fourth-order valence-electron chi connectivity index (χ4n) is 5.62. The number of nitrogens with one attached hydrogen (secondary N) is 1. The summed E-state index contributed by atoms with van der Waals surface area (Å²) in [6.07, 6.45) is 3.66. The maximum Gasteiger partial charge on any atom is 0.258 e. The number of fused-ring (bicyclic) bond motifs is 4. The van der Waals surface area contributed by atoms with E-state index >= 15 is 0 Å². The van der Waals surface area contributed by atoms with Crippen molar-refractivity contribution in [2.45, 2.75) is 25.6 Å². The molecule has 6 nitrogen and oxygen atoms in total. The van der Waals surface area contributed by atoms with Crippen LogP contribution in [0.5, 0.6) is 0 Å². The molecule has 1 saturated heterocycles. The van der Waals surface area contributed by atoms with Crippen molar-refractivity contribution in [3.8, 4) is 11.1 Å². The van der Waals surface area contributed by atoms with E-state index in [1.807, 2.05) is 80.7 Å². The van der Waals surface area contributed by atoms with Gasteiger partial charge in [-0.25, -0.2) is 0 Å². The van der Waals surface area contributed by atoms with Gasteiger partial charge in [-0.3, -0.25) is 14.5 Å². The van der Waals surface area contributed by atoms with Gasteiger partial charge in [0.15, 0.2) is 0 Å². The number of allylic oxidation sites excluding steroid dienone is 1. The number of aromatic nitrogens is 1. The number of hydrogen-bond donors (Lipinski definition) is 2. The maximum absolute atomic E-state index is 13.5. The van der Waals surface area contributed by atoms with Crippen LogP contribution in [-0.4, -0.2) is 40.2 Å². The lowest BCUT2D eigenvalue weighted by Gasteiger charge is -2.35. The summed E-state index contributed by atoms with van der Waals surface area (Å²) >= 11 is 0. The minimum absolute atomic E-state index is 0.0482. The van der Waals surface area contributed by atoms with Gasteiger partial charge in [-0.15, -0.1) is 0 Å². The number of carbonyl (C=O) groups excluding carboxylic acids is 1. The van der Waals surface area contributed by atoms with Gasteiger partial charge in [-0.2, -0.15) is 0 Å². The molecule has 0 spiro atoms. The summed E-state index contributed by atoms with van der Waals surface area (Å²) in [5.74, 6) is -0.859. The minimum atomic E-state index is -0.463. The van der Waals surface area contributed by atoms with Crippen LogP contribution in [0.25, 0.3) is 17.2 Å². The van der Waals surface area contributed by atoms with Crippen LogP contribution in [-0.2, 0) is 11.3 Å². The van der Waals surface area contributed by atoms with Crippen LogP contribution in [0.1, 0.15) is 24.2 Å². The van der Waals surface area contributed by atoms with Crippen molar-refractivity contribution in [2.75, 3.05) is 19.0 Å². The van der Waals surface area contributed by atoms with Crippen molar-refractivity contribution in [1.29, 1.82) is 0 Å². The van der Waals surface area contributed by atoms with Crippen LogP contribution in [0.3, 0.4) is 0 Å². The number of aliphatic hydroxyl groups is 1. The second-order valence-corrected chi connectivity index (χ2v) is 9.11. The summed E-state index contributed by atoms with van der Waals surface area (Å²) in [6, 6.07) is 21.3. The summed E-state index contributed by atoms with van der Waals surface area (Å²) in [4.78, 5) is 28.8. The lowest BCUT2D eigenvalue weighted by Crippen LogP contribution is -2.44. The second-order valence-electron chi connectivity index (χ2n) is 9.11. The molecule has 1 fully saturated rings. The Morgan fingerprint density at radius 1 is 1.06 bits per heavy atom. The highest BCUT2D eigenvalue weighted by atomic mass is 16.3. The molecular formula is C28H29N3O3. The molecule has 2 aromatic carbocycles. The molecule has 3 heterocycles. The highest BCUT2D eigenvalue weighted by Crippen LogP contribution is 2.47.